The van der Waals surface area contributed by atoms with Crippen LogP contribution in [0.25, 0.3) is 0 Å². The highest BCUT2D eigenvalue weighted by atomic mass is 16.5. The Labute approximate surface area is 93.3 Å². The molecule has 1 N–H and O–H groups in total. The van der Waals surface area contributed by atoms with E-state index in [1.807, 2.05) is 6.92 Å². The topological polar surface area (TPSA) is 29.5 Å². The molecule has 1 aliphatic carbocycles. The first-order chi connectivity index (χ1) is 6.97. The zero-order chi connectivity index (χ0) is 11.5. The van der Waals surface area contributed by atoms with Gasteiger partial charge in [0.2, 0.25) is 0 Å². The Bertz CT molecular complexity index is 229. The number of hydrogen-bond donors (Lipinski definition) is 1. The standard InChI is InChI=1S/C13H24O2/c1-5-8-15-12-9-11(10(2)3)6-7-13(12,4)14/h9-10,12,14H,5-8H2,1-4H3. The Balaban J connectivity index is 2.71. The van der Waals surface area contributed by atoms with Crippen molar-refractivity contribution in [3.63, 3.8) is 0 Å². The largest absolute Gasteiger partial charge is 0.387 e. The van der Waals surface area contributed by atoms with Crippen LogP contribution in [-0.2, 0) is 4.74 Å². The van der Waals surface area contributed by atoms with Gasteiger partial charge in [-0.05, 0) is 32.1 Å². The molecular formula is C13H24O2. The molecule has 0 aromatic heterocycles. The van der Waals surface area contributed by atoms with E-state index < -0.39 is 5.60 Å². The smallest absolute Gasteiger partial charge is 0.104 e. The first-order valence-corrected chi connectivity index (χ1v) is 6.02. The maximum absolute atomic E-state index is 10.2. The van der Waals surface area contributed by atoms with Gasteiger partial charge in [-0.2, -0.15) is 0 Å². The van der Waals surface area contributed by atoms with E-state index in [4.69, 9.17) is 4.74 Å². The molecule has 0 spiro atoms. The maximum atomic E-state index is 10.2. The fraction of sp³-hybridized carbons (Fsp3) is 0.846. The van der Waals surface area contributed by atoms with E-state index in [0.29, 0.717) is 5.92 Å². The zero-order valence-corrected chi connectivity index (χ0v) is 10.4. The summed E-state index contributed by atoms with van der Waals surface area (Å²) >= 11 is 0. The molecule has 88 valence electrons. The van der Waals surface area contributed by atoms with Crippen LogP contribution in [0.5, 0.6) is 0 Å². The van der Waals surface area contributed by atoms with Crippen LogP contribution in [0, 0.1) is 5.92 Å². The second-order valence-electron chi connectivity index (χ2n) is 5.04. The van der Waals surface area contributed by atoms with Crippen LogP contribution in [0.1, 0.15) is 47.0 Å². The van der Waals surface area contributed by atoms with Gasteiger partial charge in [0.15, 0.2) is 0 Å². The number of hydrogen-bond acceptors (Lipinski definition) is 2. The summed E-state index contributed by atoms with van der Waals surface area (Å²) < 4.78 is 5.70. The summed E-state index contributed by atoms with van der Waals surface area (Å²) in [4.78, 5) is 0. The lowest BCUT2D eigenvalue weighted by atomic mass is 9.81. The zero-order valence-electron chi connectivity index (χ0n) is 10.4. The summed E-state index contributed by atoms with van der Waals surface area (Å²) in [5.74, 6) is 0.564. The molecule has 0 aromatic carbocycles. The van der Waals surface area contributed by atoms with E-state index in [9.17, 15) is 5.11 Å². The summed E-state index contributed by atoms with van der Waals surface area (Å²) in [6.45, 7) is 9.08. The van der Waals surface area contributed by atoms with Crippen molar-refractivity contribution in [2.24, 2.45) is 5.92 Å². The second-order valence-corrected chi connectivity index (χ2v) is 5.04. The van der Waals surface area contributed by atoms with Gasteiger partial charge in [0.25, 0.3) is 0 Å². The quantitative estimate of drug-likeness (QED) is 0.726. The van der Waals surface area contributed by atoms with E-state index in [2.05, 4.69) is 26.8 Å². The lowest BCUT2D eigenvalue weighted by Crippen LogP contribution is -2.43. The summed E-state index contributed by atoms with van der Waals surface area (Å²) in [5.41, 5.74) is 0.732. The van der Waals surface area contributed by atoms with Gasteiger partial charge in [0.1, 0.15) is 6.10 Å². The highest BCUT2D eigenvalue weighted by molar-refractivity contribution is 5.16. The Hall–Kier alpha value is -0.340. The predicted molar refractivity (Wildman–Crippen MR) is 62.8 cm³/mol. The minimum atomic E-state index is -0.687. The first-order valence-electron chi connectivity index (χ1n) is 6.02. The molecule has 0 aromatic rings. The number of aliphatic hydroxyl groups is 1. The molecule has 0 saturated heterocycles. The lowest BCUT2D eigenvalue weighted by molar-refractivity contribution is -0.0844. The van der Waals surface area contributed by atoms with Gasteiger partial charge in [-0.25, -0.2) is 0 Å². The van der Waals surface area contributed by atoms with Gasteiger partial charge in [-0.1, -0.05) is 32.4 Å². The number of rotatable bonds is 4. The van der Waals surface area contributed by atoms with Gasteiger partial charge in [-0.3, -0.25) is 0 Å². The van der Waals surface area contributed by atoms with Crippen LogP contribution in [0.3, 0.4) is 0 Å². The molecule has 2 nitrogen and oxygen atoms in total. The Morgan fingerprint density at radius 1 is 1.60 bits per heavy atom. The van der Waals surface area contributed by atoms with Crippen molar-refractivity contribution in [2.45, 2.75) is 58.7 Å². The van der Waals surface area contributed by atoms with Gasteiger partial charge < -0.3 is 9.84 Å². The number of allylic oxidation sites excluding steroid dienone is 1. The van der Waals surface area contributed by atoms with Crippen LogP contribution in [0.15, 0.2) is 11.6 Å². The third kappa shape index (κ3) is 3.32. The van der Waals surface area contributed by atoms with Crippen LogP contribution in [0.4, 0.5) is 0 Å². The van der Waals surface area contributed by atoms with Crippen molar-refractivity contribution in [1.29, 1.82) is 0 Å². The molecule has 0 heterocycles. The molecule has 1 rings (SSSR count). The maximum Gasteiger partial charge on any atom is 0.104 e. The molecule has 2 atom stereocenters. The lowest BCUT2D eigenvalue weighted by Gasteiger charge is -2.36. The predicted octanol–water partition coefficient (Wildman–Crippen LogP) is 2.91. The van der Waals surface area contributed by atoms with Gasteiger partial charge in [0, 0.05) is 6.61 Å². The molecule has 2 heteroatoms. The minimum absolute atomic E-state index is 0.122. The second kappa shape index (κ2) is 5.13. The van der Waals surface area contributed by atoms with Gasteiger partial charge >= 0.3 is 0 Å². The van der Waals surface area contributed by atoms with Crippen molar-refractivity contribution >= 4 is 0 Å². The molecule has 0 fully saturated rings. The normalized spacial score (nSPS) is 31.9. The highest BCUT2D eigenvalue weighted by Crippen LogP contribution is 2.32. The van der Waals surface area contributed by atoms with Crippen molar-refractivity contribution in [2.75, 3.05) is 6.61 Å². The molecule has 0 bridgehead atoms. The van der Waals surface area contributed by atoms with Gasteiger partial charge in [0.05, 0.1) is 5.60 Å². The van der Waals surface area contributed by atoms with E-state index in [1.165, 1.54) is 5.57 Å². The summed E-state index contributed by atoms with van der Waals surface area (Å²) in [7, 11) is 0. The summed E-state index contributed by atoms with van der Waals surface area (Å²) in [6.07, 6.45) is 4.81. The molecule has 0 saturated carbocycles. The molecular weight excluding hydrogens is 188 g/mol. The van der Waals surface area contributed by atoms with Crippen LogP contribution >= 0.6 is 0 Å². The average molecular weight is 212 g/mol. The van der Waals surface area contributed by atoms with E-state index in [1.54, 1.807) is 0 Å². The summed E-state index contributed by atoms with van der Waals surface area (Å²) in [5, 5.41) is 10.2. The fourth-order valence-corrected chi connectivity index (χ4v) is 1.95. The Morgan fingerprint density at radius 2 is 2.27 bits per heavy atom. The monoisotopic (exact) mass is 212 g/mol. The fourth-order valence-electron chi connectivity index (χ4n) is 1.95. The molecule has 2 unspecified atom stereocenters. The first kappa shape index (κ1) is 12.7. The molecule has 0 amide bonds. The molecule has 0 radical (unpaired) electrons. The third-order valence-electron chi connectivity index (χ3n) is 3.14. The molecule has 15 heavy (non-hydrogen) atoms. The Kier molecular flexibility index (Phi) is 4.35. The van der Waals surface area contributed by atoms with Crippen LogP contribution in [0.2, 0.25) is 0 Å². The van der Waals surface area contributed by atoms with E-state index >= 15 is 0 Å². The highest BCUT2D eigenvalue weighted by Gasteiger charge is 2.34. The van der Waals surface area contributed by atoms with E-state index in [-0.39, 0.29) is 6.10 Å². The van der Waals surface area contributed by atoms with Crippen LogP contribution < -0.4 is 0 Å². The average Bonchev–Trinajstić information content (AvgIpc) is 2.15. The van der Waals surface area contributed by atoms with Gasteiger partial charge in [-0.15, -0.1) is 0 Å². The van der Waals surface area contributed by atoms with Crippen molar-refractivity contribution < 1.29 is 9.84 Å². The number of ether oxygens (including phenoxy) is 1. The third-order valence-corrected chi connectivity index (χ3v) is 3.14. The van der Waals surface area contributed by atoms with Crippen molar-refractivity contribution in [3.05, 3.63) is 11.6 Å². The van der Waals surface area contributed by atoms with E-state index in [0.717, 1.165) is 25.9 Å². The summed E-state index contributed by atoms with van der Waals surface area (Å²) in [6, 6.07) is 0. The minimum Gasteiger partial charge on any atom is -0.387 e. The van der Waals surface area contributed by atoms with Crippen LogP contribution in [-0.4, -0.2) is 23.4 Å². The van der Waals surface area contributed by atoms with Crippen molar-refractivity contribution in [3.8, 4) is 0 Å². The van der Waals surface area contributed by atoms with Crippen molar-refractivity contribution in [1.82, 2.24) is 0 Å². The SMILES string of the molecule is CCCOC1C=C(C(C)C)CCC1(C)O. The molecule has 0 aliphatic heterocycles. The Morgan fingerprint density at radius 3 is 2.80 bits per heavy atom. The molecule has 1 aliphatic rings.